The second kappa shape index (κ2) is 3.46. The Balaban J connectivity index is 2.28. The third kappa shape index (κ3) is 2.02. The molecule has 1 aliphatic rings. The molecule has 0 heterocycles. The van der Waals surface area contributed by atoms with Crippen molar-refractivity contribution in [2.75, 3.05) is 13.6 Å². The van der Waals surface area contributed by atoms with Gasteiger partial charge in [0.25, 0.3) is 0 Å². The third-order valence-electron chi connectivity index (χ3n) is 1.54. The first kappa shape index (κ1) is 6.56. The molecule has 1 heteroatoms. The maximum atomic E-state index is 3.15. The molecule has 1 atom stereocenters. The van der Waals surface area contributed by atoms with Gasteiger partial charge in [-0.15, -0.1) is 0 Å². The molecule has 0 bridgehead atoms. The third-order valence-corrected chi connectivity index (χ3v) is 1.54. The van der Waals surface area contributed by atoms with E-state index >= 15 is 0 Å². The van der Waals surface area contributed by atoms with Gasteiger partial charge in [0.1, 0.15) is 0 Å². The van der Waals surface area contributed by atoms with E-state index in [2.05, 4.69) is 29.6 Å². The fourth-order valence-electron chi connectivity index (χ4n) is 1.05. The van der Waals surface area contributed by atoms with Gasteiger partial charge in [-0.1, -0.05) is 24.3 Å². The quantitative estimate of drug-likeness (QED) is 0.584. The lowest BCUT2D eigenvalue weighted by Gasteiger charge is -2.10. The number of rotatable bonds is 2. The Labute approximate surface area is 56.5 Å². The van der Waals surface area contributed by atoms with Crippen molar-refractivity contribution in [2.45, 2.75) is 6.42 Å². The monoisotopic (exact) mass is 123 g/mol. The van der Waals surface area contributed by atoms with Gasteiger partial charge in [0.05, 0.1) is 0 Å². The summed E-state index contributed by atoms with van der Waals surface area (Å²) in [5.74, 6) is 0.722. The van der Waals surface area contributed by atoms with Gasteiger partial charge in [-0.05, 0) is 19.4 Å². The van der Waals surface area contributed by atoms with Gasteiger partial charge >= 0.3 is 0 Å². The van der Waals surface area contributed by atoms with Crippen LogP contribution in [0.5, 0.6) is 0 Å². The normalized spacial score (nSPS) is 24.8. The van der Waals surface area contributed by atoms with Gasteiger partial charge in [-0.3, -0.25) is 0 Å². The lowest BCUT2D eigenvalue weighted by Crippen LogP contribution is -2.17. The average Bonchev–Trinajstić information content (AvgIpc) is 1.91. The van der Waals surface area contributed by atoms with Crippen molar-refractivity contribution in [3.63, 3.8) is 0 Å². The molecule has 0 amide bonds. The van der Waals surface area contributed by atoms with Crippen LogP contribution in [0.15, 0.2) is 24.3 Å². The van der Waals surface area contributed by atoms with Crippen LogP contribution in [0.1, 0.15) is 6.42 Å². The van der Waals surface area contributed by atoms with Gasteiger partial charge < -0.3 is 5.32 Å². The van der Waals surface area contributed by atoms with E-state index < -0.39 is 0 Å². The first-order valence-corrected chi connectivity index (χ1v) is 3.41. The lowest BCUT2D eigenvalue weighted by atomic mass is 10.0. The second-order valence-corrected chi connectivity index (χ2v) is 2.37. The summed E-state index contributed by atoms with van der Waals surface area (Å²) >= 11 is 0. The number of hydrogen-bond donors (Lipinski definition) is 1. The fourth-order valence-corrected chi connectivity index (χ4v) is 1.05. The standard InChI is InChI=1S/C8H13N/c1-9-7-8-5-3-2-4-6-8/h2-5,8-9H,6-7H2,1H3. The summed E-state index contributed by atoms with van der Waals surface area (Å²) in [6.07, 6.45) is 9.87. The van der Waals surface area contributed by atoms with Crippen molar-refractivity contribution in [1.29, 1.82) is 0 Å². The van der Waals surface area contributed by atoms with Gasteiger partial charge in [0.15, 0.2) is 0 Å². The van der Waals surface area contributed by atoms with E-state index in [1.165, 1.54) is 6.42 Å². The molecule has 0 aromatic rings. The molecule has 0 aromatic heterocycles. The molecule has 0 saturated carbocycles. The Morgan fingerprint density at radius 3 is 3.00 bits per heavy atom. The molecular weight excluding hydrogens is 110 g/mol. The largest absolute Gasteiger partial charge is 0.319 e. The van der Waals surface area contributed by atoms with Crippen molar-refractivity contribution >= 4 is 0 Å². The molecule has 1 nitrogen and oxygen atoms in total. The van der Waals surface area contributed by atoms with Crippen molar-refractivity contribution in [2.24, 2.45) is 5.92 Å². The van der Waals surface area contributed by atoms with Crippen molar-refractivity contribution in [1.82, 2.24) is 5.32 Å². The van der Waals surface area contributed by atoms with Gasteiger partial charge in [-0.25, -0.2) is 0 Å². The minimum absolute atomic E-state index is 0.722. The molecular formula is C8H13N. The van der Waals surface area contributed by atoms with E-state index in [4.69, 9.17) is 0 Å². The minimum Gasteiger partial charge on any atom is -0.319 e. The van der Waals surface area contributed by atoms with E-state index in [1.54, 1.807) is 0 Å². The molecule has 0 saturated heterocycles. The molecule has 0 radical (unpaired) electrons. The first-order chi connectivity index (χ1) is 4.43. The summed E-state index contributed by atoms with van der Waals surface area (Å²) in [4.78, 5) is 0. The highest BCUT2D eigenvalue weighted by Crippen LogP contribution is 2.08. The van der Waals surface area contributed by atoms with Gasteiger partial charge in [0.2, 0.25) is 0 Å². The van der Waals surface area contributed by atoms with Crippen LogP contribution >= 0.6 is 0 Å². The first-order valence-electron chi connectivity index (χ1n) is 3.41. The number of nitrogens with one attached hydrogen (secondary N) is 1. The Morgan fingerprint density at radius 2 is 2.44 bits per heavy atom. The molecule has 0 aromatic carbocycles. The lowest BCUT2D eigenvalue weighted by molar-refractivity contribution is 0.602. The van der Waals surface area contributed by atoms with Crippen LogP contribution in [0.3, 0.4) is 0 Å². The second-order valence-electron chi connectivity index (χ2n) is 2.37. The van der Waals surface area contributed by atoms with Gasteiger partial charge in [0, 0.05) is 6.54 Å². The predicted octanol–water partition coefficient (Wildman–Crippen LogP) is 1.34. The molecule has 1 rings (SSSR count). The van der Waals surface area contributed by atoms with Crippen LogP contribution in [0.2, 0.25) is 0 Å². The molecule has 1 N–H and O–H groups in total. The van der Waals surface area contributed by atoms with E-state index in [-0.39, 0.29) is 0 Å². The van der Waals surface area contributed by atoms with Crippen LogP contribution in [0, 0.1) is 5.92 Å². The predicted molar refractivity (Wildman–Crippen MR) is 40.3 cm³/mol. The fraction of sp³-hybridized carbons (Fsp3) is 0.500. The average molecular weight is 123 g/mol. The summed E-state index contributed by atoms with van der Waals surface area (Å²) in [6, 6.07) is 0. The van der Waals surface area contributed by atoms with Crippen LogP contribution in [-0.2, 0) is 0 Å². The Kier molecular flexibility index (Phi) is 2.52. The maximum absolute atomic E-state index is 3.15. The van der Waals surface area contributed by atoms with E-state index in [0.29, 0.717) is 0 Å². The SMILES string of the molecule is CNCC1C=CC=CC1. The summed E-state index contributed by atoms with van der Waals surface area (Å²) in [5.41, 5.74) is 0. The van der Waals surface area contributed by atoms with Crippen molar-refractivity contribution in [3.8, 4) is 0 Å². The molecule has 1 unspecified atom stereocenters. The highest BCUT2D eigenvalue weighted by molar-refractivity contribution is 5.10. The Bertz CT molecular complexity index is 125. The summed E-state index contributed by atoms with van der Waals surface area (Å²) < 4.78 is 0. The smallest absolute Gasteiger partial charge is 0.00143 e. The molecule has 0 fully saturated rings. The zero-order valence-corrected chi connectivity index (χ0v) is 5.80. The molecule has 0 spiro atoms. The highest BCUT2D eigenvalue weighted by atomic mass is 14.8. The number of allylic oxidation sites excluding steroid dienone is 3. The molecule has 1 aliphatic carbocycles. The zero-order valence-electron chi connectivity index (χ0n) is 5.80. The topological polar surface area (TPSA) is 12.0 Å². The molecule has 50 valence electrons. The van der Waals surface area contributed by atoms with Crippen LogP contribution in [-0.4, -0.2) is 13.6 Å². The summed E-state index contributed by atoms with van der Waals surface area (Å²) in [6.45, 7) is 1.10. The molecule has 0 aliphatic heterocycles. The summed E-state index contributed by atoms with van der Waals surface area (Å²) in [7, 11) is 1.99. The van der Waals surface area contributed by atoms with Crippen molar-refractivity contribution < 1.29 is 0 Å². The van der Waals surface area contributed by atoms with E-state index in [9.17, 15) is 0 Å². The van der Waals surface area contributed by atoms with E-state index in [1.807, 2.05) is 7.05 Å². The van der Waals surface area contributed by atoms with Crippen molar-refractivity contribution in [3.05, 3.63) is 24.3 Å². The molecule has 9 heavy (non-hydrogen) atoms. The zero-order chi connectivity index (χ0) is 6.53. The van der Waals surface area contributed by atoms with Crippen LogP contribution in [0.25, 0.3) is 0 Å². The summed E-state index contributed by atoms with van der Waals surface area (Å²) in [5, 5.41) is 3.15. The minimum atomic E-state index is 0.722. The van der Waals surface area contributed by atoms with Gasteiger partial charge in [-0.2, -0.15) is 0 Å². The maximum Gasteiger partial charge on any atom is 0.00143 e. The van der Waals surface area contributed by atoms with E-state index in [0.717, 1.165) is 12.5 Å². The Morgan fingerprint density at radius 1 is 1.56 bits per heavy atom. The Hall–Kier alpha value is -0.560. The van der Waals surface area contributed by atoms with Crippen LogP contribution < -0.4 is 5.32 Å². The van der Waals surface area contributed by atoms with Crippen LogP contribution in [0.4, 0.5) is 0 Å². The number of hydrogen-bond acceptors (Lipinski definition) is 1. The highest BCUT2D eigenvalue weighted by Gasteiger charge is 2.01.